The molecule has 0 spiro atoms. The van der Waals surface area contributed by atoms with Crippen LogP contribution in [0.15, 0.2) is 41.8 Å². The van der Waals surface area contributed by atoms with Crippen molar-refractivity contribution in [3.05, 3.63) is 46.7 Å². The summed E-state index contributed by atoms with van der Waals surface area (Å²) in [5.41, 5.74) is 0.714. The minimum Gasteiger partial charge on any atom is -0.497 e. The molecule has 2 rings (SSSR count). The first-order chi connectivity index (χ1) is 12.6. The number of nitrogens with one attached hydrogen (secondary N) is 3. The molecule has 1 aromatic carbocycles. The topological polar surface area (TPSA) is 71.9 Å². The fourth-order valence-corrected chi connectivity index (χ4v) is 3.20. The summed E-state index contributed by atoms with van der Waals surface area (Å²) in [4.78, 5) is 26.4. The van der Waals surface area contributed by atoms with Gasteiger partial charge < -0.3 is 20.3 Å². The van der Waals surface area contributed by atoms with Crippen molar-refractivity contribution in [3.63, 3.8) is 0 Å². The maximum Gasteiger partial charge on any atom is 0.279 e. The molecule has 6 nitrogen and oxygen atoms in total. The van der Waals surface area contributed by atoms with Crippen LogP contribution in [0.4, 0.5) is 5.69 Å². The molecule has 1 heterocycles. The molecule has 1 atom stereocenters. The Morgan fingerprint density at radius 3 is 2.46 bits per heavy atom. The highest BCUT2D eigenvalue weighted by molar-refractivity contribution is 7.09. The van der Waals surface area contributed by atoms with Crippen molar-refractivity contribution in [1.29, 1.82) is 0 Å². The highest BCUT2D eigenvalue weighted by Gasteiger charge is 2.16. The fraction of sp³-hybridized carbons (Fsp3) is 0.368. The van der Waals surface area contributed by atoms with Gasteiger partial charge in [-0.1, -0.05) is 6.07 Å². The van der Waals surface area contributed by atoms with E-state index in [0.29, 0.717) is 18.8 Å². The molecule has 0 bridgehead atoms. The Bertz CT molecular complexity index is 687. The van der Waals surface area contributed by atoms with Crippen molar-refractivity contribution in [2.75, 3.05) is 38.6 Å². The first-order valence-corrected chi connectivity index (χ1v) is 9.55. The van der Waals surface area contributed by atoms with Crippen LogP contribution in [0.2, 0.25) is 0 Å². The largest absolute Gasteiger partial charge is 0.497 e. The Morgan fingerprint density at radius 2 is 1.85 bits per heavy atom. The van der Waals surface area contributed by atoms with Crippen LogP contribution in [0.25, 0.3) is 0 Å². The number of quaternary nitrogens is 1. The van der Waals surface area contributed by atoms with Gasteiger partial charge in [-0.3, -0.25) is 9.59 Å². The summed E-state index contributed by atoms with van der Waals surface area (Å²) in [6.45, 7) is 3.83. The highest BCUT2D eigenvalue weighted by Crippen LogP contribution is 2.14. The van der Waals surface area contributed by atoms with Gasteiger partial charge >= 0.3 is 0 Å². The average Bonchev–Trinajstić information content (AvgIpc) is 3.15. The van der Waals surface area contributed by atoms with E-state index in [2.05, 4.69) is 16.7 Å². The standard InChI is InChI=1S/C19H25N3O3S/c1-3-22(13-18(23)20-11-10-17-5-4-12-26-17)14-19(24)21-15-6-8-16(25-2)9-7-15/h4-9,12H,3,10-11,13-14H2,1-2H3,(H,20,23)(H,21,24)/p+1. The number of likely N-dealkylation sites (N-methyl/N-ethyl adjacent to an activating group) is 1. The molecule has 3 N–H and O–H groups in total. The smallest absolute Gasteiger partial charge is 0.279 e. The molecule has 7 heteroatoms. The Kier molecular flexibility index (Phi) is 8.11. The number of ether oxygens (including phenoxy) is 1. The van der Waals surface area contributed by atoms with Crippen molar-refractivity contribution in [3.8, 4) is 5.75 Å². The molecule has 2 aromatic rings. The van der Waals surface area contributed by atoms with E-state index in [0.717, 1.165) is 17.1 Å². The number of rotatable bonds is 10. The minimum absolute atomic E-state index is 0.0318. The van der Waals surface area contributed by atoms with Crippen LogP contribution in [-0.4, -0.2) is 45.1 Å². The van der Waals surface area contributed by atoms with E-state index in [1.807, 2.05) is 18.4 Å². The lowest BCUT2D eigenvalue weighted by molar-refractivity contribution is -0.881. The molecule has 26 heavy (non-hydrogen) atoms. The molecule has 0 aliphatic heterocycles. The number of anilines is 1. The van der Waals surface area contributed by atoms with Gasteiger partial charge in [-0.25, -0.2) is 0 Å². The van der Waals surface area contributed by atoms with Gasteiger partial charge in [0.25, 0.3) is 11.8 Å². The molecule has 0 aliphatic rings. The van der Waals surface area contributed by atoms with Crippen LogP contribution >= 0.6 is 11.3 Å². The number of carbonyl (C=O) groups is 2. The van der Waals surface area contributed by atoms with Crippen molar-refractivity contribution in [1.82, 2.24) is 5.32 Å². The molecular formula is C19H26N3O3S+. The van der Waals surface area contributed by atoms with E-state index < -0.39 is 0 Å². The van der Waals surface area contributed by atoms with E-state index in [1.54, 1.807) is 42.7 Å². The number of methoxy groups -OCH3 is 1. The predicted octanol–water partition coefficient (Wildman–Crippen LogP) is 0.959. The fourth-order valence-electron chi connectivity index (χ4n) is 2.49. The van der Waals surface area contributed by atoms with Crippen LogP contribution < -0.4 is 20.3 Å². The van der Waals surface area contributed by atoms with Gasteiger partial charge in [-0.05, 0) is 49.1 Å². The molecule has 0 saturated heterocycles. The van der Waals surface area contributed by atoms with Gasteiger partial charge in [0.2, 0.25) is 0 Å². The van der Waals surface area contributed by atoms with Crippen molar-refractivity contribution < 1.29 is 19.2 Å². The van der Waals surface area contributed by atoms with E-state index in [1.165, 1.54) is 4.88 Å². The summed E-state index contributed by atoms with van der Waals surface area (Å²) in [5, 5.41) is 7.80. The second-order valence-corrected chi connectivity index (χ2v) is 6.95. The summed E-state index contributed by atoms with van der Waals surface area (Å²) in [5.74, 6) is 0.595. The number of hydrogen-bond acceptors (Lipinski definition) is 4. The first-order valence-electron chi connectivity index (χ1n) is 8.67. The van der Waals surface area contributed by atoms with Crippen LogP contribution in [0.5, 0.6) is 5.75 Å². The zero-order chi connectivity index (χ0) is 18.8. The Balaban J connectivity index is 1.72. The van der Waals surface area contributed by atoms with Gasteiger partial charge in [0.1, 0.15) is 5.75 Å². The normalized spacial score (nSPS) is 11.6. The van der Waals surface area contributed by atoms with Crippen LogP contribution in [0, 0.1) is 0 Å². The number of amides is 2. The summed E-state index contributed by atoms with van der Waals surface area (Å²) >= 11 is 1.69. The first kappa shape index (κ1) is 19.9. The zero-order valence-electron chi connectivity index (χ0n) is 15.2. The van der Waals surface area contributed by atoms with E-state index in [4.69, 9.17) is 4.74 Å². The second kappa shape index (κ2) is 10.6. The Labute approximate surface area is 158 Å². The van der Waals surface area contributed by atoms with Gasteiger partial charge in [-0.15, -0.1) is 11.3 Å². The Morgan fingerprint density at radius 1 is 1.12 bits per heavy atom. The predicted molar refractivity (Wildman–Crippen MR) is 104 cm³/mol. The number of hydrogen-bond donors (Lipinski definition) is 3. The van der Waals surface area contributed by atoms with E-state index in [-0.39, 0.29) is 24.9 Å². The monoisotopic (exact) mass is 376 g/mol. The third kappa shape index (κ3) is 6.85. The van der Waals surface area contributed by atoms with Crippen molar-refractivity contribution >= 4 is 28.8 Å². The quantitative estimate of drug-likeness (QED) is 0.578. The van der Waals surface area contributed by atoms with Gasteiger partial charge in [0.05, 0.1) is 13.7 Å². The molecule has 0 fully saturated rings. The molecular weight excluding hydrogens is 350 g/mol. The molecule has 0 radical (unpaired) electrons. The second-order valence-electron chi connectivity index (χ2n) is 5.91. The van der Waals surface area contributed by atoms with Crippen LogP contribution in [0.1, 0.15) is 11.8 Å². The van der Waals surface area contributed by atoms with Gasteiger partial charge in [0, 0.05) is 17.1 Å². The van der Waals surface area contributed by atoms with Gasteiger partial charge in [0.15, 0.2) is 13.1 Å². The SMILES string of the molecule is CC[NH+](CC(=O)NCCc1cccs1)CC(=O)Nc1ccc(OC)cc1. The summed E-state index contributed by atoms with van der Waals surface area (Å²) in [6, 6.07) is 11.2. The van der Waals surface area contributed by atoms with Crippen molar-refractivity contribution in [2.24, 2.45) is 0 Å². The van der Waals surface area contributed by atoms with Crippen LogP contribution in [-0.2, 0) is 16.0 Å². The van der Waals surface area contributed by atoms with Crippen LogP contribution in [0.3, 0.4) is 0 Å². The third-order valence-corrected chi connectivity index (χ3v) is 4.90. The zero-order valence-corrected chi connectivity index (χ0v) is 16.0. The maximum atomic E-state index is 12.2. The van der Waals surface area contributed by atoms with Gasteiger partial charge in [-0.2, -0.15) is 0 Å². The summed E-state index contributed by atoms with van der Waals surface area (Å²) in [6.07, 6.45) is 0.836. The number of thiophene rings is 1. The average molecular weight is 377 g/mol. The lowest BCUT2D eigenvalue weighted by Gasteiger charge is -2.17. The van der Waals surface area contributed by atoms with E-state index >= 15 is 0 Å². The molecule has 1 unspecified atom stereocenters. The van der Waals surface area contributed by atoms with E-state index in [9.17, 15) is 9.59 Å². The molecule has 140 valence electrons. The molecule has 2 amide bonds. The summed E-state index contributed by atoms with van der Waals surface area (Å²) < 4.78 is 5.10. The minimum atomic E-state index is -0.113. The molecule has 0 aliphatic carbocycles. The lowest BCUT2D eigenvalue weighted by atomic mass is 10.3. The lowest BCUT2D eigenvalue weighted by Crippen LogP contribution is -3.14. The number of carbonyl (C=O) groups excluding carboxylic acids is 2. The molecule has 1 aromatic heterocycles. The molecule has 0 saturated carbocycles. The third-order valence-electron chi connectivity index (χ3n) is 3.97. The highest BCUT2D eigenvalue weighted by atomic mass is 32.1. The Hall–Kier alpha value is -2.38. The summed E-state index contributed by atoms with van der Waals surface area (Å²) in [7, 11) is 1.60. The van der Waals surface area contributed by atoms with Crippen molar-refractivity contribution in [2.45, 2.75) is 13.3 Å². The maximum absolute atomic E-state index is 12.2. The number of benzene rings is 1.